The number of hydrogen-bond donors (Lipinski definition) is 1. The van der Waals surface area contributed by atoms with Gasteiger partial charge in [0.2, 0.25) is 0 Å². The normalized spacial score (nSPS) is 15.6. The van der Waals surface area contributed by atoms with Crippen molar-refractivity contribution in [3.63, 3.8) is 0 Å². The van der Waals surface area contributed by atoms with Crippen LogP contribution in [0.5, 0.6) is 0 Å². The van der Waals surface area contributed by atoms with Crippen molar-refractivity contribution in [2.45, 2.75) is 26.3 Å². The van der Waals surface area contributed by atoms with E-state index in [2.05, 4.69) is 0 Å². The summed E-state index contributed by atoms with van der Waals surface area (Å²) in [5.41, 5.74) is -0.720. The van der Waals surface area contributed by atoms with Gasteiger partial charge in [-0.15, -0.1) is 11.6 Å². The fourth-order valence-electron chi connectivity index (χ4n) is 0.783. The van der Waals surface area contributed by atoms with E-state index in [1.54, 1.807) is 0 Å². The van der Waals surface area contributed by atoms with Gasteiger partial charge in [0.1, 0.15) is 0 Å². The molecular formula is C6H14ClNO3S. The van der Waals surface area contributed by atoms with Crippen molar-refractivity contribution in [3.05, 3.63) is 0 Å². The van der Waals surface area contributed by atoms with Crippen molar-refractivity contribution < 1.29 is 13.0 Å². The van der Waals surface area contributed by atoms with E-state index >= 15 is 0 Å². The SMILES string of the molecule is CC(C)CN(C(C)Cl)S(=O)(=O)O. The van der Waals surface area contributed by atoms with Gasteiger partial charge < -0.3 is 0 Å². The maximum Gasteiger partial charge on any atom is 0.337 e. The Morgan fingerprint density at radius 1 is 1.42 bits per heavy atom. The van der Waals surface area contributed by atoms with E-state index < -0.39 is 15.8 Å². The third-order valence-electron chi connectivity index (χ3n) is 1.24. The molecule has 0 aromatic carbocycles. The van der Waals surface area contributed by atoms with E-state index in [0.29, 0.717) is 0 Å². The van der Waals surface area contributed by atoms with E-state index in [4.69, 9.17) is 16.2 Å². The summed E-state index contributed by atoms with van der Waals surface area (Å²) < 4.78 is 31.0. The largest absolute Gasteiger partial charge is 0.337 e. The molecule has 0 fully saturated rings. The van der Waals surface area contributed by atoms with E-state index in [-0.39, 0.29) is 12.5 Å². The zero-order valence-corrected chi connectivity index (χ0v) is 8.93. The summed E-state index contributed by atoms with van der Waals surface area (Å²) in [6.45, 7) is 5.41. The summed E-state index contributed by atoms with van der Waals surface area (Å²) in [4.78, 5) is 0. The third-order valence-corrected chi connectivity index (χ3v) is 2.65. The van der Waals surface area contributed by atoms with Crippen LogP contribution in [0, 0.1) is 5.92 Å². The molecule has 6 heteroatoms. The Labute approximate surface area is 78.4 Å². The van der Waals surface area contributed by atoms with Crippen LogP contribution >= 0.6 is 11.6 Å². The van der Waals surface area contributed by atoms with Crippen LogP contribution in [-0.2, 0) is 10.3 Å². The molecule has 0 rings (SSSR count). The highest BCUT2D eigenvalue weighted by atomic mass is 35.5. The zero-order valence-electron chi connectivity index (χ0n) is 7.36. The standard InChI is InChI=1S/C6H14ClNO3S/c1-5(2)4-8(6(3)7)12(9,10)11/h5-6H,4H2,1-3H3,(H,9,10,11). The van der Waals surface area contributed by atoms with Gasteiger partial charge in [-0.2, -0.15) is 12.7 Å². The van der Waals surface area contributed by atoms with Crippen LogP contribution in [0.2, 0.25) is 0 Å². The molecule has 0 radical (unpaired) electrons. The number of nitrogens with zero attached hydrogens (tertiary/aromatic N) is 1. The van der Waals surface area contributed by atoms with Crippen molar-refractivity contribution in [3.8, 4) is 0 Å². The monoisotopic (exact) mass is 215 g/mol. The first kappa shape index (κ1) is 12.2. The van der Waals surface area contributed by atoms with Crippen LogP contribution in [0.15, 0.2) is 0 Å². The molecule has 0 bridgehead atoms. The lowest BCUT2D eigenvalue weighted by atomic mass is 10.2. The Kier molecular flexibility index (Phi) is 4.47. The molecule has 0 heterocycles. The lowest BCUT2D eigenvalue weighted by molar-refractivity contribution is 0.316. The van der Waals surface area contributed by atoms with Gasteiger partial charge in [0.25, 0.3) is 0 Å². The van der Waals surface area contributed by atoms with Gasteiger partial charge >= 0.3 is 10.3 Å². The molecule has 0 aliphatic heterocycles. The highest BCUT2D eigenvalue weighted by molar-refractivity contribution is 7.83. The van der Waals surface area contributed by atoms with Crippen LogP contribution in [0.3, 0.4) is 0 Å². The summed E-state index contributed by atoms with van der Waals surface area (Å²) in [6, 6.07) is 0. The summed E-state index contributed by atoms with van der Waals surface area (Å²) >= 11 is 5.56. The maximum absolute atomic E-state index is 10.7. The molecule has 1 unspecified atom stereocenters. The predicted octanol–water partition coefficient (Wildman–Crippen LogP) is 1.33. The third kappa shape index (κ3) is 4.25. The number of hydrogen-bond acceptors (Lipinski definition) is 2. The van der Waals surface area contributed by atoms with Gasteiger partial charge in [-0.3, -0.25) is 4.55 Å². The van der Waals surface area contributed by atoms with Gasteiger partial charge in [-0.1, -0.05) is 13.8 Å². The molecule has 0 spiro atoms. The van der Waals surface area contributed by atoms with E-state index in [9.17, 15) is 8.42 Å². The molecule has 1 atom stereocenters. The average Bonchev–Trinajstić information content (AvgIpc) is 1.79. The quantitative estimate of drug-likeness (QED) is 0.437. The van der Waals surface area contributed by atoms with Crippen LogP contribution in [0.1, 0.15) is 20.8 Å². The smallest absolute Gasteiger partial charge is 0.273 e. The Hall–Kier alpha value is 0.160. The first-order chi connectivity index (χ1) is 5.25. The second kappa shape index (κ2) is 4.41. The summed E-state index contributed by atoms with van der Waals surface area (Å²) in [5, 5.41) is 0. The first-order valence-corrected chi connectivity index (χ1v) is 5.46. The van der Waals surface area contributed by atoms with Crippen molar-refractivity contribution in [2.24, 2.45) is 5.92 Å². The molecule has 0 amide bonds. The summed E-state index contributed by atoms with van der Waals surface area (Å²) in [6.07, 6.45) is 0. The minimum Gasteiger partial charge on any atom is -0.273 e. The molecule has 0 aliphatic rings. The first-order valence-electron chi connectivity index (χ1n) is 3.63. The fourth-order valence-corrected chi connectivity index (χ4v) is 2.02. The molecular weight excluding hydrogens is 202 g/mol. The van der Waals surface area contributed by atoms with Gasteiger partial charge in [0.15, 0.2) is 0 Å². The van der Waals surface area contributed by atoms with Crippen LogP contribution in [-0.4, -0.2) is 29.3 Å². The molecule has 0 aromatic rings. The van der Waals surface area contributed by atoms with E-state index in [1.165, 1.54) is 6.92 Å². The van der Waals surface area contributed by atoms with Gasteiger partial charge in [0, 0.05) is 6.54 Å². The molecule has 1 N–H and O–H groups in total. The number of rotatable bonds is 4. The second-order valence-corrected chi connectivity index (χ2v) is 5.01. The maximum atomic E-state index is 10.7. The lowest BCUT2D eigenvalue weighted by Crippen LogP contribution is -2.37. The molecule has 0 aromatic heterocycles. The Balaban J connectivity index is 4.47. The van der Waals surface area contributed by atoms with Gasteiger partial charge in [-0.05, 0) is 12.8 Å². The zero-order chi connectivity index (χ0) is 9.94. The van der Waals surface area contributed by atoms with E-state index in [0.717, 1.165) is 4.31 Å². The number of halogens is 1. The summed E-state index contributed by atoms with van der Waals surface area (Å²) in [7, 11) is -4.16. The second-order valence-electron chi connectivity index (χ2n) is 3.02. The number of alkyl halides is 1. The average molecular weight is 216 g/mol. The Bertz CT molecular complexity index is 225. The van der Waals surface area contributed by atoms with Gasteiger partial charge in [-0.25, -0.2) is 0 Å². The minimum absolute atomic E-state index is 0.133. The highest BCUT2D eigenvalue weighted by Gasteiger charge is 2.24. The highest BCUT2D eigenvalue weighted by Crippen LogP contribution is 2.11. The Morgan fingerprint density at radius 2 is 1.83 bits per heavy atom. The van der Waals surface area contributed by atoms with Crippen molar-refractivity contribution >= 4 is 21.9 Å². The molecule has 74 valence electrons. The topological polar surface area (TPSA) is 57.6 Å². The predicted molar refractivity (Wildman–Crippen MR) is 48.4 cm³/mol. The van der Waals surface area contributed by atoms with Crippen LogP contribution < -0.4 is 0 Å². The molecule has 0 aliphatic carbocycles. The summed E-state index contributed by atoms with van der Waals surface area (Å²) in [5.74, 6) is 0.133. The van der Waals surface area contributed by atoms with Crippen molar-refractivity contribution in [1.29, 1.82) is 0 Å². The molecule has 12 heavy (non-hydrogen) atoms. The van der Waals surface area contributed by atoms with Gasteiger partial charge in [0.05, 0.1) is 5.50 Å². The van der Waals surface area contributed by atoms with E-state index in [1.807, 2.05) is 13.8 Å². The molecule has 0 saturated carbocycles. The fraction of sp³-hybridized carbons (Fsp3) is 1.00. The Morgan fingerprint density at radius 3 is 1.92 bits per heavy atom. The van der Waals surface area contributed by atoms with Crippen molar-refractivity contribution in [2.75, 3.05) is 6.54 Å². The van der Waals surface area contributed by atoms with Crippen LogP contribution in [0.25, 0.3) is 0 Å². The molecule has 4 nitrogen and oxygen atoms in total. The lowest BCUT2D eigenvalue weighted by Gasteiger charge is -2.22. The van der Waals surface area contributed by atoms with Crippen molar-refractivity contribution in [1.82, 2.24) is 4.31 Å². The molecule has 0 saturated heterocycles. The minimum atomic E-state index is -4.16. The van der Waals surface area contributed by atoms with Crippen LogP contribution in [0.4, 0.5) is 0 Å².